The molecule has 0 aromatic carbocycles. The zero-order valence-corrected chi connectivity index (χ0v) is 12.7. The van der Waals surface area contributed by atoms with Gasteiger partial charge in [0.15, 0.2) is 0 Å². The summed E-state index contributed by atoms with van der Waals surface area (Å²) in [6.07, 6.45) is 2.98. The van der Waals surface area contributed by atoms with Crippen molar-refractivity contribution in [3.8, 4) is 0 Å². The minimum absolute atomic E-state index is 0. The predicted molar refractivity (Wildman–Crippen MR) is 75.4 cm³/mol. The van der Waals surface area contributed by atoms with Gasteiger partial charge in [0, 0.05) is 13.1 Å². The maximum atomic E-state index is 5.94. The number of morpholine rings is 2. The first-order valence-electron chi connectivity index (χ1n) is 6.24. The van der Waals surface area contributed by atoms with Gasteiger partial charge in [-0.1, -0.05) is 20.3 Å². The standard InChI is InChI=1S/C12H23NO2.HI/c1-3-4-10(2)12-7-13-5-6-14-8-11(13)9-15-12;/h10-12H,3-9H2,1-2H3;1H. The van der Waals surface area contributed by atoms with Gasteiger partial charge in [0.05, 0.1) is 32.0 Å². The van der Waals surface area contributed by atoms with Crippen LogP contribution in [0.5, 0.6) is 0 Å². The second kappa shape index (κ2) is 7.13. The average molecular weight is 341 g/mol. The minimum Gasteiger partial charge on any atom is -0.378 e. The van der Waals surface area contributed by atoms with Crippen molar-refractivity contribution in [2.24, 2.45) is 5.92 Å². The number of rotatable bonds is 3. The summed E-state index contributed by atoms with van der Waals surface area (Å²) < 4.78 is 11.4. The molecule has 0 aromatic heterocycles. The third-order valence-electron chi connectivity index (χ3n) is 3.65. The van der Waals surface area contributed by atoms with E-state index in [0.29, 0.717) is 18.1 Å². The first-order valence-corrected chi connectivity index (χ1v) is 6.24. The molecule has 0 amide bonds. The molecular formula is C12H24INO2. The molecular weight excluding hydrogens is 317 g/mol. The molecule has 3 unspecified atom stereocenters. The molecule has 96 valence electrons. The number of ether oxygens (including phenoxy) is 2. The molecule has 0 saturated carbocycles. The van der Waals surface area contributed by atoms with Gasteiger partial charge in [0.25, 0.3) is 0 Å². The first-order chi connectivity index (χ1) is 7.31. The molecule has 2 saturated heterocycles. The summed E-state index contributed by atoms with van der Waals surface area (Å²) in [6.45, 7) is 9.36. The molecule has 2 aliphatic rings. The number of halogens is 1. The van der Waals surface area contributed by atoms with Crippen molar-refractivity contribution >= 4 is 24.0 Å². The number of hydrogen-bond donors (Lipinski definition) is 0. The molecule has 2 heterocycles. The van der Waals surface area contributed by atoms with Crippen LogP contribution >= 0.6 is 24.0 Å². The van der Waals surface area contributed by atoms with Gasteiger partial charge in [-0.25, -0.2) is 0 Å². The number of nitrogens with zero attached hydrogens (tertiary/aromatic N) is 1. The summed E-state index contributed by atoms with van der Waals surface area (Å²) >= 11 is 0. The Morgan fingerprint density at radius 1 is 1.38 bits per heavy atom. The minimum atomic E-state index is 0. The molecule has 0 bridgehead atoms. The summed E-state index contributed by atoms with van der Waals surface area (Å²) in [5.74, 6) is 0.693. The summed E-state index contributed by atoms with van der Waals surface area (Å²) in [6, 6.07) is 0.517. The molecule has 0 aliphatic carbocycles. The van der Waals surface area contributed by atoms with Gasteiger partial charge in [-0.15, -0.1) is 24.0 Å². The van der Waals surface area contributed by atoms with Crippen LogP contribution in [0.3, 0.4) is 0 Å². The normalized spacial score (nSPS) is 32.6. The highest BCUT2D eigenvalue weighted by molar-refractivity contribution is 14.0. The molecule has 2 aliphatic heterocycles. The van der Waals surface area contributed by atoms with Crippen molar-refractivity contribution in [1.29, 1.82) is 0 Å². The van der Waals surface area contributed by atoms with E-state index in [9.17, 15) is 0 Å². The van der Waals surface area contributed by atoms with Crippen molar-refractivity contribution in [2.45, 2.75) is 38.8 Å². The first kappa shape index (κ1) is 14.7. The predicted octanol–water partition coefficient (Wildman–Crippen LogP) is 2.14. The summed E-state index contributed by atoms with van der Waals surface area (Å²) in [5, 5.41) is 0. The van der Waals surface area contributed by atoms with Gasteiger partial charge in [0.1, 0.15) is 0 Å². The molecule has 16 heavy (non-hydrogen) atoms. The number of fused-ring (bicyclic) bond motifs is 1. The monoisotopic (exact) mass is 341 g/mol. The molecule has 0 spiro atoms. The quantitative estimate of drug-likeness (QED) is 0.735. The van der Waals surface area contributed by atoms with E-state index in [4.69, 9.17) is 9.47 Å². The van der Waals surface area contributed by atoms with E-state index in [0.717, 1.165) is 32.9 Å². The van der Waals surface area contributed by atoms with Gasteiger partial charge < -0.3 is 9.47 Å². The van der Waals surface area contributed by atoms with E-state index in [1.165, 1.54) is 12.8 Å². The van der Waals surface area contributed by atoms with E-state index < -0.39 is 0 Å². The van der Waals surface area contributed by atoms with Crippen molar-refractivity contribution in [3.63, 3.8) is 0 Å². The fraction of sp³-hybridized carbons (Fsp3) is 1.00. The smallest absolute Gasteiger partial charge is 0.0728 e. The maximum Gasteiger partial charge on any atom is 0.0728 e. The molecule has 2 rings (SSSR count). The van der Waals surface area contributed by atoms with Crippen LogP contribution in [0.2, 0.25) is 0 Å². The molecule has 0 N–H and O–H groups in total. The van der Waals surface area contributed by atoms with Crippen molar-refractivity contribution in [1.82, 2.24) is 4.90 Å². The fourth-order valence-electron chi connectivity index (χ4n) is 2.59. The number of hydrogen-bond acceptors (Lipinski definition) is 3. The lowest BCUT2D eigenvalue weighted by molar-refractivity contribution is -0.129. The zero-order chi connectivity index (χ0) is 10.7. The van der Waals surface area contributed by atoms with Crippen LogP contribution in [0.1, 0.15) is 26.7 Å². The lowest BCUT2D eigenvalue weighted by Crippen LogP contribution is -2.56. The molecule has 4 heteroatoms. The Labute approximate surface area is 116 Å². The van der Waals surface area contributed by atoms with Crippen LogP contribution in [0.15, 0.2) is 0 Å². The summed E-state index contributed by atoms with van der Waals surface area (Å²) in [4.78, 5) is 2.55. The Bertz CT molecular complexity index is 203. The summed E-state index contributed by atoms with van der Waals surface area (Å²) in [7, 11) is 0. The molecule has 0 radical (unpaired) electrons. The highest BCUT2D eigenvalue weighted by atomic mass is 127. The Morgan fingerprint density at radius 3 is 2.94 bits per heavy atom. The van der Waals surface area contributed by atoms with E-state index in [-0.39, 0.29) is 24.0 Å². The van der Waals surface area contributed by atoms with Crippen LogP contribution in [0.4, 0.5) is 0 Å². The van der Waals surface area contributed by atoms with E-state index in [1.807, 2.05) is 0 Å². The molecule has 3 nitrogen and oxygen atoms in total. The van der Waals surface area contributed by atoms with Gasteiger partial charge >= 0.3 is 0 Å². The highest BCUT2D eigenvalue weighted by Crippen LogP contribution is 2.22. The van der Waals surface area contributed by atoms with Crippen LogP contribution < -0.4 is 0 Å². The van der Waals surface area contributed by atoms with Crippen LogP contribution in [-0.2, 0) is 9.47 Å². The molecule has 0 aromatic rings. The second-order valence-electron chi connectivity index (χ2n) is 4.86. The third kappa shape index (κ3) is 3.55. The van der Waals surface area contributed by atoms with Crippen LogP contribution in [0, 0.1) is 5.92 Å². The Kier molecular flexibility index (Phi) is 6.54. The van der Waals surface area contributed by atoms with Crippen molar-refractivity contribution < 1.29 is 9.47 Å². The topological polar surface area (TPSA) is 21.7 Å². The largest absolute Gasteiger partial charge is 0.378 e. The maximum absolute atomic E-state index is 5.94. The fourth-order valence-corrected chi connectivity index (χ4v) is 2.59. The third-order valence-corrected chi connectivity index (χ3v) is 3.65. The van der Waals surface area contributed by atoms with E-state index in [1.54, 1.807) is 0 Å². The summed E-state index contributed by atoms with van der Waals surface area (Å²) in [5.41, 5.74) is 0. The van der Waals surface area contributed by atoms with Crippen LogP contribution in [0.25, 0.3) is 0 Å². The van der Waals surface area contributed by atoms with Crippen molar-refractivity contribution in [2.75, 3.05) is 32.9 Å². The molecule has 3 atom stereocenters. The Hall–Kier alpha value is 0.610. The van der Waals surface area contributed by atoms with Gasteiger partial charge in [-0.2, -0.15) is 0 Å². The van der Waals surface area contributed by atoms with Gasteiger partial charge in [-0.05, 0) is 12.3 Å². The SMILES string of the molecule is CCCC(C)C1CN2CCOCC2CO1.I. The Morgan fingerprint density at radius 2 is 2.19 bits per heavy atom. The van der Waals surface area contributed by atoms with Gasteiger partial charge in [0.2, 0.25) is 0 Å². The zero-order valence-electron chi connectivity index (χ0n) is 10.4. The highest BCUT2D eigenvalue weighted by Gasteiger charge is 2.33. The Balaban J connectivity index is 0.00000128. The lowest BCUT2D eigenvalue weighted by Gasteiger charge is -2.43. The molecule has 2 fully saturated rings. The second-order valence-corrected chi connectivity index (χ2v) is 4.86. The van der Waals surface area contributed by atoms with Gasteiger partial charge in [-0.3, -0.25) is 4.90 Å². The lowest BCUT2D eigenvalue weighted by atomic mass is 9.97. The van der Waals surface area contributed by atoms with Crippen molar-refractivity contribution in [3.05, 3.63) is 0 Å². The average Bonchev–Trinajstić information content (AvgIpc) is 2.29. The van der Waals surface area contributed by atoms with E-state index in [2.05, 4.69) is 18.7 Å². The van der Waals surface area contributed by atoms with Crippen LogP contribution in [-0.4, -0.2) is 50.0 Å². The van der Waals surface area contributed by atoms with E-state index >= 15 is 0 Å².